The molecular formula is C23H29N5O2. The first-order valence-electron chi connectivity index (χ1n) is 10.4. The number of amides is 1. The number of rotatable bonds is 6. The second kappa shape index (κ2) is 9.17. The van der Waals surface area contributed by atoms with Crippen LogP contribution < -0.4 is 9.64 Å². The summed E-state index contributed by atoms with van der Waals surface area (Å²) < 4.78 is 5.19. The van der Waals surface area contributed by atoms with Gasteiger partial charge in [-0.3, -0.25) is 9.69 Å². The van der Waals surface area contributed by atoms with Crippen LogP contribution in [-0.2, 0) is 11.3 Å². The minimum absolute atomic E-state index is 0.142. The monoisotopic (exact) mass is 407 g/mol. The van der Waals surface area contributed by atoms with Crippen LogP contribution in [0.15, 0.2) is 48.5 Å². The van der Waals surface area contributed by atoms with E-state index >= 15 is 0 Å². The van der Waals surface area contributed by atoms with Crippen LogP contribution in [0.3, 0.4) is 0 Å². The first-order valence-corrected chi connectivity index (χ1v) is 10.4. The van der Waals surface area contributed by atoms with Gasteiger partial charge in [-0.05, 0) is 36.2 Å². The third-order valence-corrected chi connectivity index (χ3v) is 5.63. The van der Waals surface area contributed by atoms with Gasteiger partial charge in [0.2, 0.25) is 11.9 Å². The highest BCUT2D eigenvalue weighted by Gasteiger charge is 2.20. The maximum atomic E-state index is 12.7. The van der Waals surface area contributed by atoms with Crippen LogP contribution in [0.4, 0.5) is 5.95 Å². The minimum Gasteiger partial charge on any atom is -0.497 e. The number of anilines is 1. The number of carbonyl (C=O) groups excluding carboxylic acids is 1. The first-order chi connectivity index (χ1) is 14.6. The van der Waals surface area contributed by atoms with Crippen LogP contribution in [0.25, 0.3) is 11.0 Å². The number of carbonyl (C=O) groups is 1. The largest absolute Gasteiger partial charge is 0.497 e. The van der Waals surface area contributed by atoms with Crippen LogP contribution in [0.5, 0.6) is 5.75 Å². The molecule has 0 bridgehead atoms. The Kier molecular flexibility index (Phi) is 6.18. The van der Waals surface area contributed by atoms with Crippen molar-refractivity contribution in [2.45, 2.75) is 13.0 Å². The van der Waals surface area contributed by atoms with Crippen LogP contribution in [0.1, 0.15) is 12.0 Å². The molecule has 3 aromatic rings. The smallest absolute Gasteiger partial charge is 0.236 e. The molecule has 1 aliphatic heterocycles. The molecule has 0 spiro atoms. The van der Waals surface area contributed by atoms with E-state index in [0.717, 1.165) is 60.9 Å². The Morgan fingerprint density at radius 2 is 1.90 bits per heavy atom. The number of aromatic amines is 1. The van der Waals surface area contributed by atoms with Gasteiger partial charge < -0.3 is 19.5 Å². The number of aromatic nitrogens is 2. The number of nitrogens with zero attached hydrogens (tertiary/aromatic N) is 4. The normalized spacial score (nSPS) is 15.2. The molecule has 1 amide bonds. The molecule has 0 saturated carbocycles. The van der Waals surface area contributed by atoms with Crippen molar-refractivity contribution in [3.63, 3.8) is 0 Å². The summed E-state index contributed by atoms with van der Waals surface area (Å²) in [6.45, 7) is 4.60. The van der Waals surface area contributed by atoms with E-state index in [1.807, 2.05) is 55.6 Å². The van der Waals surface area contributed by atoms with E-state index in [9.17, 15) is 4.79 Å². The molecule has 1 N–H and O–H groups in total. The van der Waals surface area contributed by atoms with Gasteiger partial charge in [-0.2, -0.15) is 0 Å². The van der Waals surface area contributed by atoms with Gasteiger partial charge in [0.1, 0.15) is 5.75 Å². The number of hydrogen-bond acceptors (Lipinski definition) is 5. The molecule has 4 rings (SSSR count). The Morgan fingerprint density at radius 1 is 1.10 bits per heavy atom. The summed E-state index contributed by atoms with van der Waals surface area (Å²) in [4.78, 5) is 27.2. The lowest BCUT2D eigenvalue weighted by molar-refractivity contribution is -0.131. The third-order valence-electron chi connectivity index (χ3n) is 5.63. The molecule has 1 fully saturated rings. The van der Waals surface area contributed by atoms with Crippen LogP contribution >= 0.6 is 0 Å². The van der Waals surface area contributed by atoms with Crippen molar-refractivity contribution >= 4 is 22.9 Å². The van der Waals surface area contributed by atoms with E-state index in [1.165, 1.54) is 0 Å². The van der Waals surface area contributed by atoms with Gasteiger partial charge in [0.15, 0.2) is 0 Å². The highest BCUT2D eigenvalue weighted by molar-refractivity contribution is 5.78. The molecule has 1 aromatic heterocycles. The lowest BCUT2D eigenvalue weighted by atomic mass is 10.2. The van der Waals surface area contributed by atoms with Crippen molar-refractivity contribution in [3.05, 3.63) is 54.1 Å². The van der Waals surface area contributed by atoms with E-state index in [-0.39, 0.29) is 5.91 Å². The number of methoxy groups -OCH3 is 1. The second-order valence-electron chi connectivity index (χ2n) is 7.79. The Labute approximate surface area is 177 Å². The average Bonchev–Trinajstić information content (AvgIpc) is 3.06. The molecule has 0 radical (unpaired) electrons. The summed E-state index contributed by atoms with van der Waals surface area (Å²) in [5.74, 6) is 1.88. The number of likely N-dealkylation sites (N-methyl/N-ethyl adjacent to an activating group) is 1. The lowest BCUT2D eigenvalue weighted by Gasteiger charge is -2.24. The molecule has 2 aromatic carbocycles. The Balaban J connectivity index is 1.31. The van der Waals surface area contributed by atoms with E-state index < -0.39 is 0 Å². The van der Waals surface area contributed by atoms with Crippen LogP contribution in [-0.4, -0.2) is 72.6 Å². The van der Waals surface area contributed by atoms with Crippen molar-refractivity contribution in [3.8, 4) is 5.75 Å². The van der Waals surface area contributed by atoms with Crippen molar-refractivity contribution in [2.24, 2.45) is 0 Å². The van der Waals surface area contributed by atoms with Gasteiger partial charge in [-0.25, -0.2) is 4.98 Å². The van der Waals surface area contributed by atoms with Gasteiger partial charge in [0, 0.05) is 39.8 Å². The van der Waals surface area contributed by atoms with E-state index in [2.05, 4.69) is 14.8 Å². The summed E-state index contributed by atoms with van der Waals surface area (Å²) in [5.41, 5.74) is 3.14. The fourth-order valence-corrected chi connectivity index (χ4v) is 3.83. The maximum Gasteiger partial charge on any atom is 0.236 e. The van der Waals surface area contributed by atoms with Crippen molar-refractivity contribution in [1.82, 2.24) is 19.8 Å². The number of nitrogens with one attached hydrogen (secondary N) is 1. The topological polar surface area (TPSA) is 64.7 Å². The zero-order valence-electron chi connectivity index (χ0n) is 17.7. The number of hydrogen-bond donors (Lipinski definition) is 1. The summed E-state index contributed by atoms with van der Waals surface area (Å²) >= 11 is 0. The number of fused-ring (bicyclic) bond motifs is 1. The SMILES string of the molecule is COc1ccc(CN(C)C(=O)CN2CCCN(c3nc4ccccc4[nH]3)CC2)cc1. The van der Waals surface area contributed by atoms with Crippen molar-refractivity contribution in [1.29, 1.82) is 0 Å². The molecule has 1 saturated heterocycles. The average molecular weight is 408 g/mol. The predicted molar refractivity (Wildman–Crippen MR) is 119 cm³/mol. The highest BCUT2D eigenvalue weighted by Crippen LogP contribution is 2.18. The molecule has 0 aliphatic carbocycles. The minimum atomic E-state index is 0.142. The molecule has 2 heterocycles. The molecule has 0 unspecified atom stereocenters. The summed E-state index contributed by atoms with van der Waals surface area (Å²) in [5, 5.41) is 0. The summed E-state index contributed by atoms with van der Waals surface area (Å²) in [7, 11) is 3.52. The molecular weight excluding hydrogens is 378 g/mol. The quantitative estimate of drug-likeness (QED) is 0.681. The van der Waals surface area contributed by atoms with Gasteiger partial charge in [0.05, 0.1) is 24.7 Å². The fraction of sp³-hybridized carbons (Fsp3) is 0.391. The van der Waals surface area contributed by atoms with E-state index in [4.69, 9.17) is 9.72 Å². The number of ether oxygens (including phenoxy) is 1. The molecule has 0 atom stereocenters. The Morgan fingerprint density at radius 3 is 2.67 bits per heavy atom. The number of para-hydroxylation sites is 2. The highest BCUT2D eigenvalue weighted by atomic mass is 16.5. The summed E-state index contributed by atoms with van der Waals surface area (Å²) in [6, 6.07) is 15.9. The molecule has 30 heavy (non-hydrogen) atoms. The predicted octanol–water partition coefficient (Wildman–Crippen LogP) is 2.74. The molecule has 7 heteroatoms. The number of H-pyrrole nitrogens is 1. The van der Waals surface area contributed by atoms with Crippen LogP contribution in [0.2, 0.25) is 0 Å². The molecule has 158 valence electrons. The molecule has 1 aliphatic rings. The number of imidazole rings is 1. The maximum absolute atomic E-state index is 12.7. The standard InChI is InChI=1S/C23H29N5O2/c1-26(16-18-8-10-19(30-2)11-9-18)22(29)17-27-12-5-13-28(15-14-27)23-24-20-6-3-4-7-21(20)25-23/h3-4,6-11H,5,12-17H2,1-2H3,(H,24,25). The number of benzene rings is 2. The third kappa shape index (κ3) is 4.74. The van der Waals surface area contributed by atoms with E-state index in [1.54, 1.807) is 12.0 Å². The van der Waals surface area contributed by atoms with Gasteiger partial charge >= 0.3 is 0 Å². The van der Waals surface area contributed by atoms with Crippen molar-refractivity contribution < 1.29 is 9.53 Å². The Bertz CT molecular complexity index is 952. The van der Waals surface area contributed by atoms with E-state index in [0.29, 0.717) is 13.1 Å². The summed E-state index contributed by atoms with van der Waals surface area (Å²) in [6.07, 6.45) is 1.01. The zero-order valence-corrected chi connectivity index (χ0v) is 17.7. The van der Waals surface area contributed by atoms with Gasteiger partial charge in [-0.15, -0.1) is 0 Å². The zero-order chi connectivity index (χ0) is 20.9. The second-order valence-corrected chi connectivity index (χ2v) is 7.79. The lowest BCUT2D eigenvalue weighted by Crippen LogP contribution is -2.40. The fourth-order valence-electron chi connectivity index (χ4n) is 3.83. The van der Waals surface area contributed by atoms with Gasteiger partial charge in [-0.1, -0.05) is 24.3 Å². The first kappa shape index (κ1) is 20.2. The van der Waals surface area contributed by atoms with Crippen LogP contribution in [0, 0.1) is 0 Å². The molecule has 7 nitrogen and oxygen atoms in total. The van der Waals surface area contributed by atoms with Gasteiger partial charge in [0.25, 0.3) is 0 Å². The Hall–Kier alpha value is -3.06. The van der Waals surface area contributed by atoms with Crippen molar-refractivity contribution in [2.75, 3.05) is 51.8 Å².